The van der Waals surface area contributed by atoms with Gasteiger partial charge in [0.1, 0.15) is 5.82 Å². The monoisotopic (exact) mass is 278 g/mol. The summed E-state index contributed by atoms with van der Waals surface area (Å²) in [5, 5.41) is 9.67. The topological polar surface area (TPSA) is 46.5 Å². The van der Waals surface area contributed by atoms with E-state index < -0.39 is 6.10 Å². The quantitative estimate of drug-likeness (QED) is 0.643. The van der Waals surface area contributed by atoms with E-state index in [0.717, 1.165) is 5.56 Å². The number of aliphatic hydroxyl groups excluding tert-OH is 1. The van der Waals surface area contributed by atoms with Crippen LogP contribution in [0.15, 0.2) is 24.3 Å². The Balaban J connectivity index is 2.23. The standard InChI is InChI=1S/C16H19FO3/c1-2-20-16(19)12-11-15(18)6-4-3-5-13-7-9-14(17)10-8-13/h7-10,15,18H,2,4,6,11-12H2,1H3. The minimum Gasteiger partial charge on any atom is -0.466 e. The molecule has 3 nitrogen and oxygen atoms in total. The first-order valence-electron chi connectivity index (χ1n) is 6.70. The maximum atomic E-state index is 12.7. The lowest BCUT2D eigenvalue weighted by Crippen LogP contribution is -2.11. The molecule has 1 atom stereocenters. The summed E-state index contributed by atoms with van der Waals surface area (Å²) in [6, 6.07) is 5.94. The Morgan fingerprint density at radius 2 is 2.05 bits per heavy atom. The van der Waals surface area contributed by atoms with Crippen LogP contribution in [0.1, 0.15) is 38.2 Å². The normalized spacial score (nSPS) is 11.3. The number of hydrogen-bond donors (Lipinski definition) is 1. The zero-order valence-electron chi connectivity index (χ0n) is 11.6. The van der Waals surface area contributed by atoms with Crippen LogP contribution < -0.4 is 0 Å². The molecule has 1 unspecified atom stereocenters. The Morgan fingerprint density at radius 1 is 1.35 bits per heavy atom. The van der Waals surface area contributed by atoms with Crippen LogP contribution in [0.2, 0.25) is 0 Å². The summed E-state index contributed by atoms with van der Waals surface area (Å²) in [6.07, 6.45) is 1.09. The minimum absolute atomic E-state index is 0.223. The van der Waals surface area contributed by atoms with Crippen LogP contribution in [0.4, 0.5) is 4.39 Å². The molecule has 0 spiro atoms. The summed E-state index contributed by atoms with van der Waals surface area (Å²) in [6.45, 7) is 2.11. The van der Waals surface area contributed by atoms with Crippen molar-refractivity contribution < 1.29 is 19.0 Å². The highest BCUT2D eigenvalue weighted by molar-refractivity contribution is 5.69. The van der Waals surface area contributed by atoms with Crippen molar-refractivity contribution in [1.82, 2.24) is 0 Å². The molecule has 0 fully saturated rings. The van der Waals surface area contributed by atoms with E-state index in [0.29, 0.717) is 25.9 Å². The fourth-order valence-electron chi connectivity index (χ4n) is 1.60. The van der Waals surface area contributed by atoms with E-state index in [1.165, 1.54) is 12.1 Å². The van der Waals surface area contributed by atoms with Gasteiger partial charge in [-0.25, -0.2) is 4.39 Å². The molecule has 0 radical (unpaired) electrons. The van der Waals surface area contributed by atoms with E-state index >= 15 is 0 Å². The van der Waals surface area contributed by atoms with Crippen LogP contribution in [-0.4, -0.2) is 23.8 Å². The van der Waals surface area contributed by atoms with Gasteiger partial charge in [0.25, 0.3) is 0 Å². The van der Waals surface area contributed by atoms with Crippen molar-refractivity contribution in [1.29, 1.82) is 0 Å². The summed E-state index contributed by atoms with van der Waals surface area (Å²) in [5.74, 6) is 5.23. The van der Waals surface area contributed by atoms with Gasteiger partial charge in [0, 0.05) is 18.4 Å². The molecule has 0 aliphatic carbocycles. The van der Waals surface area contributed by atoms with Gasteiger partial charge in [0.15, 0.2) is 0 Å². The lowest BCUT2D eigenvalue weighted by atomic mass is 10.1. The number of carbonyl (C=O) groups is 1. The lowest BCUT2D eigenvalue weighted by molar-refractivity contribution is -0.143. The van der Waals surface area contributed by atoms with E-state index in [1.807, 2.05) is 0 Å². The third-order valence-corrected chi connectivity index (χ3v) is 2.67. The number of hydrogen-bond acceptors (Lipinski definition) is 3. The van der Waals surface area contributed by atoms with E-state index in [4.69, 9.17) is 4.74 Å². The number of esters is 1. The Kier molecular flexibility index (Phi) is 7.38. The van der Waals surface area contributed by atoms with Gasteiger partial charge in [0.2, 0.25) is 0 Å². The van der Waals surface area contributed by atoms with E-state index in [9.17, 15) is 14.3 Å². The summed E-state index contributed by atoms with van der Waals surface area (Å²) in [5.41, 5.74) is 0.743. The molecular weight excluding hydrogens is 259 g/mol. The molecule has 0 saturated carbocycles. The van der Waals surface area contributed by atoms with Crippen LogP contribution in [0, 0.1) is 17.7 Å². The number of halogens is 1. The SMILES string of the molecule is CCOC(=O)CCC(O)CCC#Cc1ccc(F)cc1. The van der Waals surface area contributed by atoms with Crippen LogP contribution in [0.5, 0.6) is 0 Å². The number of aliphatic hydroxyl groups is 1. The van der Waals surface area contributed by atoms with Crippen LogP contribution in [0.25, 0.3) is 0 Å². The molecule has 108 valence electrons. The van der Waals surface area contributed by atoms with Gasteiger partial charge in [0.05, 0.1) is 12.7 Å². The second-order valence-corrected chi connectivity index (χ2v) is 4.34. The molecule has 0 heterocycles. The van der Waals surface area contributed by atoms with Crippen molar-refractivity contribution in [3.05, 3.63) is 35.6 Å². The van der Waals surface area contributed by atoms with Gasteiger partial charge >= 0.3 is 5.97 Å². The largest absolute Gasteiger partial charge is 0.466 e. The third-order valence-electron chi connectivity index (χ3n) is 2.67. The predicted octanol–water partition coefficient (Wildman–Crippen LogP) is 2.66. The molecule has 0 bridgehead atoms. The van der Waals surface area contributed by atoms with Crippen LogP contribution >= 0.6 is 0 Å². The zero-order chi connectivity index (χ0) is 14.8. The third kappa shape index (κ3) is 6.91. The van der Waals surface area contributed by atoms with Crippen molar-refractivity contribution >= 4 is 5.97 Å². The Labute approximate surface area is 118 Å². The molecule has 0 amide bonds. The summed E-state index contributed by atoms with van der Waals surface area (Å²) in [7, 11) is 0. The lowest BCUT2D eigenvalue weighted by Gasteiger charge is -2.07. The van der Waals surface area contributed by atoms with Gasteiger partial charge in [-0.05, 0) is 44.0 Å². The second-order valence-electron chi connectivity index (χ2n) is 4.34. The van der Waals surface area contributed by atoms with Crippen molar-refractivity contribution in [3.63, 3.8) is 0 Å². The number of carbonyl (C=O) groups excluding carboxylic acids is 1. The predicted molar refractivity (Wildman–Crippen MR) is 74.4 cm³/mol. The van der Waals surface area contributed by atoms with E-state index in [1.54, 1.807) is 19.1 Å². The first-order valence-corrected chi connectivity index (χ1v) is 6.70. The molecule has 0 aliphatic rings. The maximum absolute atomic E-state index is 12.7. The van der Waals surface area contributed by atoms with Crippen molar-refractivity contribution in [2.45, 2.75) is 38.7 Å². The molecule has 20 heavy (non-hydrogen) atoms. The van der Waals surface area contributed by atoms with E-state index in [2.05, 4.69) is 11.8 Å². The Morgan fingerprint density at radius 3 is 2.70 bits per heavy atom. The molecule has 0 saturated heterocycles. The smallest absolute Gasteiger partial charge is 0.305 e. The van der Waals surface area contributed by atoms with Crippen molar-refractivity contribution in [2.24, 2.45) is 0 Å². The highest BCUT2D eigenvalue weighted by Crippen LogP contribution is 2.06. The molecule has 4 heteroatoms. The minimum atomic E-state index is -0.554. The van der Waals surface area contributed by atoms with Crippen LogP contribution in [-0.2, 0) is 9.53 Å². The van der Waals surface area contributed by atoms with Gasteiger partial charge < -0.3 is 9.84 Å². The number of rotatable bonds is 6. The highest BCUT2D eigenvalue weighted by atomic mass is 19.1. The first-order chi connectivity index (χ1) is 9.61. The average molecular weight is 278 g/mol. The van der Waals surface area contributed by atoms with Crippen molar-refractivity contribution in [3.8, 4) is 11.8 Å². The summed E-state index contributed by atoms with van der Waals surface area (Å²) >= 11 is 0. The fraction of sp³-hybridized carbons (Fsp3) is 0.438. The first kappa shape index (κ1) is 16.2. The maximum Gasteiger partial charge on any atom is 0.305 e. The summed E-state index contributed by atoms with van der Waals surface area (Å²) in [4.78, 5) is 11.1. The molecule has 0 aromatic heterocycles. The molecular formula is C16H19FO3. The molecule has 1 aromatic rings. The van der Waals surface area contributed by atoms with Gasteiger partial charge in [-0.15, -0.1) is 0 Å². The zero-order valence-corrected chi connectivity index (χ0v) is 11.6. The summed E-state index contributed by atoms with van der Waals surface area (Å²) < 4.78 is 17.4. The number of benzene rings is 1. The molecule has 1 N–H and O–H groups in total. The van der Waals surface area contributed by atoms with Gasteiger partial charge in [-0.3, -0.25) is 4.79 Å². The fourth-order valence-corrected chi connectivity index (χ4v) is 1.60. The average Bonchev–Trinajstić information content (AvgIpc) is 2.43. The molecule has 1 aromatic carbocycles. The van der Waals surface area contributed by atoms with Gasteiger partial charge in [-0.2, -0.15) is 0 Å². The van der Waals surface area contributed by atoms with Gasteiger partial charge in [-0.1, -0.05) is 11.8 Å². The second kappa shape index (κ2) is 9.11. The van der Waals surface area contributed by atoms with E-state index in [-0.39, 0.29) is 18.2 Å². The highest BCUT2D eigenvalue weighted by Gasteiger charge is 2.07. The number of ether oxygens (including phenoxy) is 1. The Hall–Kier alpha value is -1.86. The van der Waals surface area contributed by atoms with Crippen molar-refractivity contribution in [2.75, 3.05) is 6.61 Å². The van der Waals surface area contributed by atoms with Crippen LogP contribution in [0.3, 0.4) is 0 Å². The Bertz CT molecular complexity index is 471. The molecule has 0 aliphatic heterocycles. The molecule has 1 rings (SSSR count).